The molecule has 3 rings (SSSR count). The number of amidine groups is 1. The van der Waals surface area contributed by atoms with E-state index in [-0.39, 0.29) is 67.2 Å². The van der Waals surface area contributed by atoms with Crippen LogP contribution in [0.3, 0.4) is 0 Å². The summed E-state index contributed by atoms with van der Waals surface area (Å²) in [6, 6.07) is 14.9. The Morgan fingerprint density at radius 2 is 1.21 bits per heavy atom. The van der Waals surface area contributed by atoms with Crippen molar-refractivity contribution < 1.29 is 0 Å². The van der Waals surface area contributed by atoms with Gasteiger partial charge in [-0.05, 0) is 42.4 Å². The first-order chi connectivity index (χ1) is 13.7. The SMILES string of the molecule is Cl.Cl.Cl.Cl.NCC[S-].NCC[S-].NCC[S-].[Ge].c1ccc2c(CC3=NCC[N-]3)cccc2c1. The maximum atomic E-state index is 4.92. The Labute approximate surface area is 251 Å². The van der Waals surface area contributed by atoms with E-state index in [1.807, 2.05) is 0 Å². The topological polar surface area (TPSA) is 105 Å². The van der Waals surface area contributed by atoms with Crippen LogP contribution in [-0.2, 0) is 44.3 Å². The molecule has 33 heavy (non-hydrogen) atoms. The third-order valence-corrected chi connectivity index (χ3v) is 3.98. The summed E-state index contributed by atoms with van der Waals surface area (Å²) in [7, 11) is 0. The summed E-state index contributed by atoms with van der Waals surface area (Å²) in [5, 5.41) is 6.99. The molecule has 0 amide bonds. The van der Waals surface area contributed by atoms with Gasteiger partial charge >= 0.3 is 0 Å². The second-order valence-electron chi connectivity index (χ2n) is 5.47. The normalized spacial score (nSPS) is 9.94. The number of hydrogen-bond acceptors (Lipinski definition) is 7. The third kappa shape index (κ3) is 24.3. The van der Waals surface area contributed by atoms with Gasteiger partial charge in [0.2, 0.25) is 0 Å². The van der Waals surface area contributed by atoms with Crippen LogP contribution in [0.5, 0.6) is 0 Å². The van der Waals surface area contributed by atoms with Crippen molar-refractivity contribution in [2.24, 2.45) is 22.2 Å². The first-order valence-corrected chi connectivity index (χ1v) is 10.9. The van der Waals surface area contributed by atoms with Gasteiger partial charge in [-0.15, -0.1) is 49.6 Å². The fraction of sp³-hybridized carbons (Fsp3) is 0.450. The van der Waals surface area contributed by atoms with E-state index >= 15 is 0 Å². The van der Waals surface area contributed by atoms with Crippen LogP contribution < -0.4 is 17.2 Å². The molecule has 6 N–H and O–H groups in total. The van der Waals surface area contributed by atoms with Crippen LogP contribution in [0, 0.1) is 0 Å². The van der Waals surface area contributed by atoms with Crippen molar-refractivity contribution in [2.45, 2.75) is 6.42 Å². The number of hydrogen-bond donors (Lipinski definition) is 3. The summed E-state index contributed by atoms with van der Waals surface area (Å²) in [5.74, 6) is 3.04. The standard InChI is InChI=1S/C14H13N2.3C2H7NS.4ClH.Ge/c1-2-7-13-11(4-1)5-3-6-12(13)10-14-15-8-9-16-14;3*3-1-2-4;;;;;/h1-7H,8-10H2;3*4H,1-3H2;4*1H;/q-1;;;;;;;;/p-3. The quantitative estimate of drug-likeness (QED) is 0.338. The Morgan fingerprint density at radius 3 is 1.64 bits per heavy atom. The van der Waals surface area contributed by atoms with Gasteiger partial charge < -0.3 is 65.4 Å². The van der Waals surface area contributed by atoms with Gasteiger partial charge in [0.05, 0.1) is 0 Å². The van der Waals surface area contributed by atoms with Crippen LogP contribution in [-0.4, -0.2) is 73.4 Å². The van der Waals surface area contributed by atoms with Gasteiger partial charge in [0, 0.05) is 17.6 Å². The molecular weight excluding hydrogens is 621 g/mol. The molecule has 0 unspecified atom stereocenters. The number of rotatable bonds is 5. The second kappa shape index (κ2) is 35.0. The van der Waals surface area contributed by atoms with E-state index in [1.165, 1.54) is 16.3 Å². The molecule has 13 heteroatoms. The molecule has 0 bridgehead atoms. The first-order valence-electron chi connectivity index (χ1n) is 9.20. The van der Waals surface area contributed by atoms with Gasteiger partial charge in [-0.2, -0.15) is 17.3 Å². The van der Waals surface area contributed by atoms with Crippen LogP contribution in [0.2, 0.25) is 0 Å². The van der Waals surface area contributed by atoms with Crippen molar-refractivity contribution >= 4 is 122 Å². The predicted molar refractivity (Wildman–Crippen MR) is 167 cm³/mol. The molecule has 1 aliphatic rings. The number of aliphatic imine (C=N–C) groups is 1. The molecule has 194 valence electrons. The maximum absolute atomic E-state index is 4.92. The molecule has 2 aromatic carbocycles. The van der Waals surface area contributed by atoms with E-state index in [4.69, 9.17) is 17.2 Å². The molecule has 0 saturated carbocycles. The number of fused-ring (bicyclic) bond motifs is 1. The summed E-state index contributed by atoms with van der Waals surface area (Å²) < 4.78 is 0. The Morgan fingerprint density at radius 1 is 0.758 bits per heavy atom. The molecule has 1 heterocycles. The van der Waals surface area contributed by atoms with E-state index in [2.05, 4.69) is 90.7 Å². The largest absolute Gasteiger partial charge is 0.791 e. The summed E-state index contributed by atoms with van der Waals surface area (Å²) in [4.78, 5) is 4.39. The number of benzene rings is 2. The smallest absolute Gasteiger partial charge is 0 e. The minimum atomic E-state index is 0. The molecule has 0 fully saturated rings. The van der Waals surface area contributed by atoms with Gasteiger partial charge in [-0.1, -0.05) is 61.4 Å². The number of nitrogens with two attached hydrogens (primary N) is 3. The maximum Gasteiger partial charge on any atom is 0 e. The van der Waals surface area contributed by atoms with Crippen LogP contribution >= 0.6 is 49.6 Å². The minimum absolute atomic E-state index is 0. The van der Waals surface area contributed by atoms with Gasteiger partial charge in [0.15, 0.2) is 0 Å². The van der Waals surface area contributed by atoms with Crippen molar-refractivity contribution in [3.63, 3.8) is 0 Å². The van der Waals surface area contributed by atoms with E-state index in [9.17, 15) is 0 Å². The Bertz CT molecular complexity index is 656. The second-order valence-corrected chi connectivity index (χ2v) is 6.70. The van der Waals surface area contributed by atoms with Crippen molar-refractivity contribution in [3.8, 4) is 0 Å². The van der Waals surface area contributed by atoms with Crippen molar-refractivity contribution in [3.05, 3.63) is 53.3 Å². The third-order valence-electron chi connectivity index (χ3n) is 3.27. The van der Waals surface area contributed by atoms with Crippen molar-refractivity contribution in [1.82, 2.24) is 0 Å². The average Bonchev–Trinajstić information content (AvgIpc) is 3.27. The van der Waals surface area contributed by atoms with Crippen molar-refractivity contribution in [1.29, 1.82) is 0 Å². The van der Waals surface area contributed by atoms with E-state index in [1.54, 1.807) is 0 Å². The average molecular weight is 656 g/mol. The molecule has 4 radical (unpaired) electrons. The van der Waals surface area contributed by atoms with Gasteiger partial charge in [-0.25, -0.2) is 0 Å². The zero-order chi connectivity index (χ0) is 21.0. The van der Waals surface area contributed by atoms with E-state index in [0.717, 1.165) is 25.3 Å². The Kier molecular flexibility index (Phi) is 49.9. The zero-order valence-corrected chi connectivity index (χ0v) is 26.2. The molecule has 0 atom stereocenters. The molecule has 5 nitrogen and oxygen atoms in total. The predicted octanol–water partition coefficient (Wildman–Crippen LogP) is 2.95. The Balaban J connectivity index is -0.0000000924. The van der Waals surface area contributed by atoms with Gasteiger partial charge in [-0.3, -0.25) is 0 Å². The van der Waals surface area contributed by atoms with E-state index in [0.29, 0.717) is 36.9 Å². The Hall–Kier alpha value is 0.803. The molecule has 0 saturated heterocycles. The fourth-order valence-corrected chi connectivity index (χ4v) is 2.14. The molecule has 1 aliphatic heterocycles. The van der Waals surface area contributed by atoms with Crippen LogP contribution in [0.1, 0.15) is 5.56 Å². The van der Waals surface area contributed by atoms with Gasteiger partial charge in [0.1, 0.15) is 0 Å². The van der Waals surface area contributed by atoms with E-state index < -0.39 is 0 Å². The number of halogens is 4. The summed E-state index contributed by atoms with van der Waals surface area (Å²) in [5.41, 5.74) is 16.1. The number of nitrogens with zero attached hydrogens (tertiary/aromatic N) is 2. The minimum Gasteiger partial charge on any atom is -0.791 e. The summed E-state index contributed by atoms with van der Waals surface area (Å²) in [6.45, 7) is 3.63. The summed E-state index contributed by atoms with van der Waals surface area (Å²) >= 11 is 13.3. The van der Waals surface area contributed by atoms with Crippen LogP contribution in [0.15, 0.2) is 47.5 Å². The monoisotopic (exact) mass is 655 g/mol. The zero-order valence-electron chi connectivity index (χ0n) is 18.4. The van der Waals surface area contributed by atoms with Crippen molar-refractivity contribution in [2.75, 3.05) is 50.0 Å². The summed E-state index contributed by atoms with van der Waals surface area (Å²) in [6.07, 6.45) is 0.862. The van der Waals surface area contributed by atoms with Crippen LogP contribution in [0.25, 0.3) is 16.1 Å². The first kappa shape index (κ1) is 47.1. The van der Waals surface area contributed by atoms with Crippen LogP contribution in [0.4, 0.5) is 0 Å². The molecule has 0 spiro atoms. The van der Waals surface area contributed by atoms with Gasteiger partial charge in [0.25, 0.3) is 0 Å². The fourth-order valence-electron chi connectivity index (χ4n) is 2.14. The molecule has 0 aliphatic carbocycles. The molecular formula is C20H35Cl4GeN5S3-4. The molecule has 2 aromatic rings. The molecule has 0 aromatic heterocycles.